The number of unbranched alkanes of at least 4 members (excludes halogenated alkanes) is 7. The predicted octanol–water partition coefficient (Wildman–Crippen LogP) is 8.97. The second kappa shape index (κ2) is 21.4. The summed E-state index contributed by atoms with van der Waals surface area (Å²) in [6.07, 6.45) is 19.5. The number of rotatable bonds is 17. The first-order valence-electron chi connectivity index (χ1n) is 21.4. The molecular formula is C48H60N6O4. The Morgan fingerprint density at radius 1 is 0.517 bits per heavy atom. The van der Waals surface area contributed by atoms with Gasteiger partial charge < -0.3 is 19.6 Å². The van der Waals surface area contributed by atoms with Crippen LogP contribution >= 0.6 is 0 Å². The molecule has 2 aromatic heterocycles. The van der Waals surface area contributed by atoms with E-state index in [1.54, 1.807) is 24.8 Å². The van der Waals surface area contributed by atoms with E-state index in [4.69, 9.17) is 0 Å². The van der Waals surface area contributed by atoms with Crippen LogP contribution in [0.3, 0.4) is 0 Å². The second-order valence-corrected chi connectivity index (χ2v) is 16.1. The molecule has 0 bridgehead atoms. The standard InChI is InChI=1S/C48H60N6O4/c1-37-17-21-39(22-18-37)47(57)53(43-13-11-29-49-35-43)41-25-31-51(32-26-41)45(55)15-9-7-5-3-4-6-8-10-16-46(56)52-33-27-42(28-34-52)54(44-14-12-30-50-36-44)48(58)40-23-19-38(2)20-24-40/h11-14,17-24,29-30,35-36,41-42H,3-10,15-16,25-28,31-34H2,1-2H3. The van der Waals surface area contributed by atoms with Crippen LogP contribution in [0.2, 0.25) is 0 Å². The van der Waals surface area contributed by atoms with Crippen LogP contribution in [-0.4, -0.2) is 81.7 Å². The lowest BCUT2D eigenvalue weighted by Gasteiger charge is -2.38. The highest BCUT2D eigenvalue weighted by Crippen LogP contribution is 2.28. The summed E-state index contributed by atoms with van der Waals surface area (Å²) in [5, 5.41) is 0. The summed E-state index contributed by atoms with van der Waals surface area (Å²) in [4.78, 5) is 69.8. The van der Waals surface area contributed by atoms with Gasteiger partial charge in [-0.15, -0.1) is 0 Å². The Morgan fingerprint density at radius 2 is 0.862 bits per heavy atom. The van der Waals surface area contributed by atoms with Crippen molar-refractivity contribution in [3.63, 3.8) is 0 Å². The topological polar surface area (TPSA) is 107 Å². The summed E-state index contributed by atoms with van der Waals surface area (Å²) in [6, 6.07) is 23.0. The van der Waals surface area contributed by atoms with E-state index in [-0.39, 0.29) is 35.7 Å². The van der Waals surface area contributed by atoms with Gasteiger partial charge in [0.25, 0.3) is 11.8 Å². The van der Waals surface area contributed by atoms with Gasteiger partial charge in [-0.05, 0) is 101 Å². The molecule has 2 fully saturated rings. The van der Waals surface area contributed by atoms with Crippen molar-refractivity contribution in [3.8, 4) is 0 Å². The SMILES string of the molecule is Cc1ccc(C(=O)N(c2cccnc2)C2CCN(C(=O)CCCCCCCCCCC(=O)N3CCC(N(C(=O)c4ccc(C)cc4)c4cccnc4)CC3)CC2)cc1. The molecule has 0 N–H and O–H groups in total. The van der Waals surface area contributed by atoms with Crippen molar-refractivity contribution in [2.24, 2.45) is 0 Å². The largest absolute Gasteiger partial charge is 0.343 e. The van der Waals surface area contributed by atoms with Gasteiger partial charge in [-0.25, -0.2) is 0 Å². The zero-order valence-electron chi connectivity index (χ0n) is 34.4. The van der Waals surface area contributed by atoms with E-state index in [1.807, 2.05) is 106 Å². The van der Waals surface area contributed by atoms with Gasteiger partial charge in [0, 0.05) is 74.6 Å². The van der Waals surface area contributed by atoms with Crippen molar-refractivity contribution in [2.45, 2.75) is 116 Å². The van der Waals surface area contributed by atoms with Crippen molar-refractivity contribution in [1.82, 2.24) is 19.8 Å². The molecule has 58 heavy (non-hydrogen) atoms. The molecule has 6 rings (SSSR count). The van der Waals surface area contributed by atoms with Crippen LogP contribution in [0.1, 0.15) is 122 Å². The second-order valence-electron chi connectivity index (χ2n) is 16.1. The van der Waals surface area contributed by atoms with Crippen LogP contribution in [-0.2, 0) is 9.59 Å². The number of nitrogens with zero attached hydrogens (tertiary/aromatic N) is 6. The summed E-state index contributed by atoms with van der Waals surface area (Å²) in [5.74, 6) is 0.369. The van der Waals surface area contributed by atoms with Crippen molar-refractivity contribution < 1.29 is 19.2 Å². The minimum Gasteiger partial charge on any atom is -0.343 e. The number of amides is 4. The molecule has 0 atom stereocenters. The highest BCUT2D eigenvalue weighted by molar-refractivity contribution is 6.07. The van der Waals surface area contributed by atoms with E-state index in [1.165, 1.54) is 0 Å². The van der Waals surface area contributed by atoms with Gasteiger partial charge in [0.1, 0.15) is 0 Å². The maximum absolute atomic E-state index is 13.7. The Hall–Kier alpha value is -5.38. The minimum atomic E-state index is -0.0302. The lowest BCUT2D eigenvalue weighted by atomic mass is 10.00. The molecule has 4 amide bonds. The molecule has 0 aliphatic carbocycles. The first kappa shape index (κ1) is 42.2. The van der Waals surface area contributed by atoms with Gasteiger partial charge in [0.2, 0.25) is 11.8 Å². The van der Waals surface area contributed by atoms with Gasteiger partial charge in [-0.1, -0.05) is 73.9 Å². The Labute approximate surface area is 344 Å². The van der Waals surface area contributed by atoms with Crippen LogP contribution in [0.25, 0.3) is 0 Å². The highest BCUT2D eigenvalue weighted by atomic mass is 16.2. The molecule has 2 aliphatic rings. The fourth-order valence-corrected chi connectivity index (χ4v) is 8.33. The number of piperidine rings is 2. The first-order chi connectivity index (χ1) is 28.3. The van der Waals surface area contributed by atoms with Crippen LogP contribution in [0.15, 0.2) is 97.6 Å². The number of aryl methyl sites for hydroxylation is 2. The van der Waals surface area contributed by atoms with Crippen molar-refractivity contribution in [1.29, 1.82) is 0 Å². The molecule has 10 nitrogen and oxygen atoms in total. The highest BCUT2D eigenvalue weighted by Gasteiger charge is 2.33. The fourth-order valence-electron chi connectivity index (χ4n) is 8.33. The van der Waals surface area contributed by atoms with Crippen LogP contribution in [0.5, 0.6) is 0 Å². The van der Waals surface area contributed by atoms with Crippen molar-refractivity contribution >= 4 is 35.0 Å². The van der Waals surface area contributed by atoms with E-state index >= 15 is 0 Å². The summed E-state index contributed by atoms with van der Waals surface area (Å²) < 4.78 is 0. The van der Waals surface area contributed by atoms with E-state index in [0.717, 1.165) is 99.6 Å². The maximum atomic E-state index is 13.7. The van der Waals surface area contributed by atoms with E-state index < -0.39 is 0 Å². The Kier molecular flexibility index (Phi) is 15.6. The lowest BCUT2D eigenvalue weighted by molar-refractivity contribution is -0.133. The quantitative estimate of drug-likeness (QED) is 0.0991. The Bertz CT molecular complexity index is 1760. The predicted molar refractivity (Wildman–Crippen MR) is 230 cm³/mol. The average Bonchev–Trinajstić information content (AvgIpc) is 3.26. The molecule has 4 aromatic rings. The zero-order chi connectivity index (χ0) is 40.7. The van der Waals surface area contributed by atoms with Crippen LogP contribution in [0.4, 0.5) is 11.4 Å². The number of carbonyl (C=O) groups is 4. The van der Waals surface area contributed by atoms with Crippen molar-refractivity contribution in [2.75, 3.05) is 36.0 Å². The molecule has 0 spiro atoms. The summed E-state index contributed by atoms with van der Waals surface area (Å²) >= 11 is 0. The smallest absolute Gasteiger partial charge is 0.258 e. The average molecular weight is 785 g/mol. The number of hydrogen-bond donors (Lipinski definition) is 0. The van der Waals surface area contributed by atoms with Gasteiger partial charge in [0.05, 0.1) is 23.8 Å². The first-order valence-corrected chi connectivity index (χ1v) is 21.4. The third kappa shape index (κ3) is 11.6. The zero-order valence-corrected chi connectivity index (χ0v) is 34.4. The number of anilines is 2. The van der Waals surface area contributed by atoms with Gasteiger partial charge in [-0.2, -0.15) is 0 Å². The van der Waals surface area contributed by atoms with Gasteiger partial charge >= 0.3 is 0 Å². The number of pyridine rings is 2. The fraction of sp³-hybridized carbons (Fsp3) is 0.458. The molecule has 4 heterocycles. The molecule has 0 unspecified atom stereocenters. The lowest BCUT2D eigenvalue weighted by Crippen LogP contribution is -2.49. The molecular weight excluding hydrogens is 725 g/mol. The van der Waals surface area contributed by atoms with E-state index in [2.05, 4.69) is 9.97 Å². The molecule has 10 heteroatoms. The number of aromatic nitrogens is 2. The summed E-state index contributed by atoms with van der Waals surface area (Å²) in [6.45, 7) is 6.65. The number of hydrogen-bond acceptors (Lipinski definition) is 6. The molecule has 306 valence electrons. The summed E-state index contributed by atoms with van der Waals surface area (Å²) in [5.41, 5.74) is 5.12. The van der Waals surface area contributed by atoms with Gasteiger partial charge in [0.15, 0.2) is 0 Å². The van der Waals surface area contributed by atoms with Crippen molar-refractivity contribution in [3.05, 3.63) is 120 Å². The maximum Gasteiger partial charge on any atom is 0.258 e. The minimum absolute atomic E-state index is 0.00967. The van der Waals surface area contributed by atoms with Crippen LogP contribution in [0, 0.1) is 13.8 Å². The Balaban J connectivity index is 0.824. The molecule has 2 aromatic carbocycles. The third-order valence-corrected chi connectivity index (χ3v) is 11.8. The molecule has 2 saturated heterocycles. The monoisotopic (exact) mass is 784 g/mol. The third-order valence-electron chi connectivity index (χ3n) is 11.8. The number of carbonyl (C=O) groups excluding carboxylic acids is 4. The van der Waals surface area contributed by atoms with Gasteiger partial charge in [-0.3, -0.25) is 29.1 Å². The number of benzene rings is 2. The van der Waals surface area contributed by atoms with E-state index in [0.29, 0.717) is 50.1 Å². The normalized spacial score (nSPS) is 14.9. The number of likely N-dealkylation sites (tertiary alicyclic amines) is 2. The Morgan fingerprint density at radius 3 is 1.19 bits per heavy atom. The summed E-state index contributed by atoms with van der Waals surface area (Å²) in [7, 11) is 0. The van der Waals surface area contributed by atoms with Crippen LogP contribution < -0.4 is 9.80 Å². The molecule has 2 aliphatic heterocycles. The van der Waals surface area contributed by atoms with E-state index in [9.17, 15) is 19.2 Å². The molecule has 0 saturated carbocycles. The molecule has 0 radical (unpaired) electrons.